The van der Waals surface area contributed by atoms with Crippen molar-refractivity contribution in [1.82, 2.24) is 4.90 Å². The number of nitrogens with zero attached hydrogens (tertiary/aromatic N) is 3. The van der Waals surface area contributed by atoms with Crippen molar-refractivity contribution in [3.05, 3.63) is 76.9 Å². The minimum atomic E-state index is -0.992. The number of allylic oxidation sites excluding steroid dienone is 5. The third-order valence-corrected chi connectivity index (χ3v) is 7.39. The number of carboxylic acids is 1. The Bertz CT molecular complexity index is 1320. The highest BCUT2D eigenvalue weighted by Crippen LogP contribution is 2.30. The molecular formula is C31H38N4O5. The summed E-state index contributed by atoms with van der Waals surface area (Å²) in [4.78, 5) is 35.8. The van der Waals surface area contributed by atoms with E-state index in [1.807, 2.05) is 56.3 Å². The number of nitrogens with one attached hydrogen (secondary N) is 1. The van der Waals surface area contributed by atoms with E-state index in [0.717, 1.165) is 41.7 Å². The summed E-state index contributed by atoms with van der Waals surface area (Å²) in [5, 5.41) is 12.6. The number of benzene rings is 1. The monoisotopic (exact) mass is 546 g/mol. The first-order valence-corrected chi connectivity index (χ1v) is 13.8. The number of para-hydroxylation sites is 1. The van der Waals surface area contributed by atoms with Gasteiger partial charge in [0.2, 0.25) is 5.90 Å². The third kappa shape index (κ3) is 6.70. The first kappa shape index (κ1) is 28.9. The minimum absolute atomic E-state index is 0.0203. The first-order chi connectivity index (χ1) is 19.2. The smallest absolute Gasteiger partial charge is 0.326 e. The predicted octanol–water partition coefficient (Wildman–Crippen LogP) is 5.87. The lowest BCUT2D eigenvalue weighted by molar-refractivity contribution is -0.150. The minimum Gasteiger partial charge on any atom is -0.487 e. The van der Waals surface area contributed by atoms with Crippen molar-refractivity contribution >= 4 is 29.8 Å². The summed E-state index contributed by atoms with van der Waals surface area (Å²) < 4.78 is 12.0. The second-order valence-corrected chi connectivity index (χ2v) is 10.4. The zero-order valence-electron chi connectivity index (χ0n) is 23.6. The molecular weight excluding hydrogens is 508 g/mol. The zero-order valence-corrected chi connectivity index (χ0v) is 23.6. The maximum absolute atomic E-state index is 13.5. The molecule has 9 nitrogen and oxygen atoms in total. The highest BCUT2D eigenvalue weighted by Gasteiger charge is 2.33. The van der Waals surface area contributed by atoms with Gasteiger partial charge in [-0.1, -0.05) is 38.1 Å². The van der Waals surface area contributed by atoms with Gasteiger partial charge in [-0.15, -0.1) is 0 Å². The van der Waals surface area contributed by atoms with Crippen LogP contribution in [-0.2, 0) is 20.7 Å². The second kappa shape index (κ2) is 12.8. The van der Waals surface area contributed by atoms with Crippen LogP contribution >= 0.6 is 0 Å². The number of carboxylic acid groups (broad SMARTS) is 1. The molecule has 2 aliphatic heterocycles. The molecule has 0 aromatic heterocycles. The van der Waals surface area contributed by atoms with Crippen LogP contribution in [0, 0.1) is 5.41 Å². The van der Waals surface area contributed by atoms with Crippen molar-refractivity contribution in [3.8, 4) is 0 Å². The molecule has 2 amide bonds. The number of anilines is 1. The highest BCUT2D eigenvalue weighted by atomic mass is 16.5. The van der Waals surface area contributed by atoms with E-state index < -0.39 is 11.4 Å². The highest BCUT2D eigenvalue weighted by molar-refractivity contribution is 5.92. The maximum Gasteiger partial charge on any atom is 0.326 e. The molecule has 40 heavy (non-hydrogen) atoms. The summed E-state index contributed by atoms with van der Waals surface area (Å²) in [6.07, 6.45) is 12.0. The number of aliphatic imine (C=N–C) groups is 2. The van der Waals surface area contributed by atoms with E-state index in [9.17, 15) is 14.7 Å². The Labute approximate surface area is 235 Å². The topological polar surface area (TPSA) is 113 Å². The van der Waals surface area contributed by atoms with Crippen molar-refractivity contribution in [2.75, 3.05) is 25.0 Å². The van der Waals surface area contributed by atoms with Gasteiger partial charge in [0.25, 0.3) is 0 Å². The van der Waals surface area contributed by atoms with Gasteiger partial charge in [0.15, 0.2) is 0 Å². The lowest BCUT2D eigenvalue weighted by Crippen LogP contribution is -2.43. The number of hydrogen-bond acceptors (Lipinski definition) is 6. The molecule has 0 fully saturated rings. The van der Waals surface area contributed by atoms with Crippen molar-refractivity contribution in [3.63, 3.8) is 0 Å². The molecule has 0 radical (unpaired) electrons. The molecule has 3 aliphatic rings. The molecule has 2 N–H and O–H groups in total. The summed E-state index contributed by atoms with van der Waals surface area (Å²) >= 11 is 0. The predicted molar refractivity (Wildman–Crippen MR) is 156 cm³/mol. The number of carbonyl (C=O) groups excluding carboxylic acids is 1. The Morgan fingerprint density at radius 3 is 2.83 bits per heavy atom. The number of rotatable bonds is 7. The summed E-state index contributed by atoms with van der Waals surface area (Å²) in [6, 6.07) is 7.62. The Balaban J connectivity index is 1.59. The lowest BCUT2D eigenvalue weighted by Gasteiger charge is -2.34. The van der Waals surface area contributed by atoms with Crippen LogP contribution in [0.1, 0.15) is 52.5 Å². The van der Waals surface area contributed by atoms with E-state index in [1.165, 1.54) is 0 Å². The lowest BCUT2D eigenvalue weighted by atomic mass is 9.89. The fourth-order valence-electron chi connectivity index (χ4n) is 4.54. The van der Waals surface area contributed by atoms with Gasteiger partial charge in [-0.2, -0.15) is 0 Å². The van der Waals surface area contributed by atoms with E-state index in [-0.39, 0.29) is 25.3 Å². The quantitative estimate of drug-likeness (QED) is 0.444. The molecule has 2 unspecified atom stereocenters. The fourth-order valence-corrected chi connectivity index (χ4v) is 4.54. The normalized spacial score (nSPS) is 21.8. The van der Waals surface area contributed by atoms with E-state index in [1.54, 1.807) is 24.2 Å². The number of hydrogen-bond donors (Lipinski definition) is 2. The number of aryl methyl sites for hydroxylation is 1. The van der Waals surface area contributed by atoms with Gasteiger partial charge in [-0.05, 0) is 68.9 Å². The number of amides is 2. The van der Waals surface area contributed by atoms with Crippen molar-refractivity contribution in [1.29, 1.82) is 0 Å². The molecule has 9 heteroatoms. The van der Waals surface area contributed by atoms with Crippen LogP contribution in [0.3, 0.4) is 0 Å². The molecule has 1 aromatic rings. The number of carbonyl (C=O) groups is 2. The SMILES string of the molecule is CCc1ccccc1NC(=O)N1CC(C)OC2=C1C=CCC/C(C1=CN=C(OCC(C)(CC)C(=O)O)CN=C1)=C\2. The fraction of sp³-hybridized carbons (Fsp3) is 0.419. The van der Waals surface area contributed by atoms with Crippen LogP contribution in [0.25, 0.3) is 0 Å². The van der Waals surface area contributed by atoms with Crippen LogP contribution in [0.2, 0.25) is 0 Å². The Hall–Kier alpha value is -4.14. The molecule has 4 rings (SSSR count). The summed E-state index contributed by atoms with van der Waals surface area (Å²) in [7, 11) is 0. The third-order valence-electron chi connectivity index (χ3n) is 7.39. The molecule has 0 saturated carbocycles. The molecule has 2 atom stereocenters. The van der Waals surface area contributed by atoms with Gasteiger partial charge < -0.3 is 19.9 Å². The molecule has 1 aliphatic carbocycles. The average molecular weight is 547 g/mol. The van der Waals surface area contributed by atoms with E-state index in [4.69, 9.17) is 9.47 Å². The number of aliphatic carboxylic acids is 1. The van der Waals surface area contributed by atoms with Crippen molar-refractivity contribution in [2.24, 2.45) is 15.4 Å². The summed E-state index contributed by atoms with van der Waals surface area (Å²) in [5.41, 5.74) is 3.38. The van der Waals surface area contributed by atoms with Crippen molar-refractivity contribution < 1.29 is 24.2 Å². The Morgan fingerprint density at radius 1 is 1.27 bits per heavy atom. The van der Waals surface area contributed by atoms with Crippen LogP contribution in [0.15, 0.2) is 81.3 Å². The van der Waals surface area contributed by atoms with Crippen molar-refractivity contribution in [2.45, 2.75) is 59.5 Å². The zero-order chi connectivity index (χ0) is 28.7. The van der Waals surface area contributed by atoms with Gasteiger partial charge in [-0.3, -0.25) is 14.7 Å². The molecule has 2 heterocycles. The van der Waals surface area contributed by atoms with Crippen LogP contribution in [0.5, 0.6) is 0 Å². The molecule has 212 valence electrons. The standard InChI is InChI=1S/C31H38N4O5/c1-5-22-11-7-9-13-25(22)34-30(38)35-19-21(3)40-27-15-23(12-8-10-14-26(27)35)24-16-32-18-28(33-17-24)39-20-31(4,6-2)29(36)37/h7,9-11,13-17,21H,5-6,8,12,18-20H2,1-4H3,(H,34,38)(H,36,37)/b14-10?,23-15+. The van der Waals surface area contributed by atoms with E-state index in [2.05, 4.69) is 22.2 Å². The van der Waals surface area contributed by atoms with E-state index >= 15 is 0 Å². The van der Waals surface area contributed by atoms with E-state index in [0.29, 0.717) is 30.3 Å². The van der Waals surface area contributed by atoms with Gasteiger partial charge in [-0.25, -0.2) is 9.79 Å². The molecule has 0 bridgehead atoms. The van der Waals surface area contributed by atoms with Gasteiger partial charge >= 0.3 is 12.0 Å². The van der Waals surface area contributed by atoms with Crippen LogP contribution < -0.4 is 5.32 Å². The molecule has 0 spiro atoms. The largest absolute Gasteiger partial charge is 0.487 e. The van der Waals surface area contributed by atoms with Gasteiger partial charge in [0.05, 0.1) is 17.7 Å². The Morgan fingerprint density at radius 2 is 2.08 bits per heavy atom. The first-order valence-electron chi connectivity index (χ1n) is 13.8. The number of ether oxygens (including phenoxy) is 2. The van der Waals surface area contributed by atoms with Crippen LogP contribution in [0.4, 0.5) is 10.5 Å². The summed E-state index contributed by atoms with van der Waals surface area (Å²) in [6.45, 7) is 8.16. The second-order valence-electron chi connectivity index (χ2n) is 10.4. The number of urea groups is 1. The maximum atomic E-state index is 13.5. The Kier molecular flexibility index (Phi) is 9.24. The molecule has 0 saturated heterocycles. The summed E-state index contributed by atoms with van der Waals surface area (Å²) in [5.74, 6) is 0.0822. The van der Waals surface area contributed by atoms with Crippen LogP contribution in [-0.4, -0.2) is 59.9 Å². The average Bonchev–Trinajstić information content (AvgIpc) is 3.18. The molecule has 1 aromatic carbocycles. The van der Waals surface area contributed by atoms with Gasteiger partial charge in [0, 0.05) is 23.7 Å². The van der Waals surface area contributed by atoms with Gasteiger partial charge in [0.1, 0.15) is 25.0 Å².